The Bertz CT molecular complexity index is 666. The summed E-state index contributed by atoms with van der Waals surface area (Å²) in [7, 11) is 0. The highest BCUT2D eigenvalue weighted by atomic mass is 16.5. The highest BCUT2D eigenvalue weighted by Gasteiger charge is 2.30. The summed E-state index contributed by atoms with van der Waals surface area (Å²) in [6.45, 7) is 10.2. The first-order valence-electron chi connectivity index (χ1n) is 9.47. The summed E-state index contributed by atoms with van der Waals surface area (Å²) in [5.74, 6) is 0.973. The molecule has 6 heteroatoms. The van der Waals surface area contributed by atoms with E-state index in [1.54, 1.807) is 0 Å². The second kappa shape index (κ2) is 8.08. The number of carbonyl (C=O) groups excluding carboxylic acids is 2. The van der Waals surface area contributed by atoms with E-state index >= 15 is 0 Å². The number of piperazine rings is 1. The third-order valence-electron chi connectivity index (χ3n) is 5.14. The third kappa shape index (κ3) is 4.36. The Morgan fingerprint density at radius 3 is 2.58 bits per heavy atom. The smallest absolute Gasteiger partial charge is 0.245 e. The SMILES string of the molecule is CC(=O)N[C@@H](C(=O)N1CCN(Cc2ccc3c(c2)CCO3)CC1)C(C)C. The van der Waals surface area contributed by atoms with Gasteiger partial charge in [-0.05, 0) is 23.1 Å². The second-order valence-corrected chi connectivity index (χ2v) is 7.56. The number of amides is 2. The summed E-state index contributed by atoms with van der Waals surface area (Å²) >= 11 is 0. The van der Waals surface area contributed by atoms with Crippen LogP contribution < -0.4 is 10.1 Å². The highest BCUT2D eigenvalue weighted by molar-refractivity contribution is 5.87. The summed E-state index contributed by atoms with van der Waals surface area (Å²) in [5.41, 5.74) is 2.60. The zero-order valence-corrected chi connectivity index (χ0v) is 16.0. The van der Waals surface area contributed by atoms with Crippen molar-refractivity contribution in [2.75, 3.05) is 32.8 Å². The molecule has 0 saturated carbocycles. The first kappa shape index (κ1) is 18.7. The molecule has 2 heterocycles. The molecule has 2 amide bonds. The Hall–Kier alpha value is -2.08. The van der Waals surface area contributed by atoms with Crippen LogP contribution in [0.25, 0.3) is 0 Å². The third-order valence-corrected chi connectivity index (χ3v) is 5.14. The highest BCUT2D eigenvalue weighted by Crippen LogP contribution is 2.26. The van der Waals surface area contributed by atoms with Crippen LogP contribution in [0.1, 0.15) is 31.9 Å². The summed E-state index contributed by atoms with van der Waals surface area (Å²) in [5, 5.41) is 2.80. The zero-order chi connectivity index (χ0) is 18.7. The van der Waals surface area contributed by atoms with Gasteiger partial charge in [0.05, 0.1) is 6.61 Å². The molecular weight excluding hydrogens is 330 g/mol. The summed E-state index contributed by atoms with van der Waals surface area (Å²) in [4.78, 5) is 28.4. The Kier molecular flexibility index (Phi) is 5.81. The molecule has 6 nitrogen and oxygen atoms in total. The van der Waals surface area contributed by atoms with Crippen molar-refractivity contribution in [3.63, 3.8) is 0 Å². The van der Waals surface area contributed by atoms with Crippen LogP contribution in [0.4, 0.5) is 0 Å². The van der Waals surface area contributed by atoms with E-state index in [9.17, 15) is 9.59 Å². The van der Waals surface area contributed by atoms with Crippen molar-refractivity contribution in [2.45, 2.75) is 39.8 Å². The van der Waals surface area contributed by atoms with Gasteiger partial charge in [0.2, 0.25) is 11.8 Å². The van der Waals surface area contributed by atoms with E-state index < -0.39 is 6.04 Å². The molecule has 2 aliphatic heterocycles. The lowest BCUT2D eigenvalue weighted by molar-refractivity contribution is -0.138. The molecule has 142 valence electrons. The molecule has 3 rings (SSSR count). The maximum atomic E-state index is 12.7. The van der Waals surface area contributed by atoms with Gasteiger partial charge >= 0.3 is 0 Å². The van der Waals surface area contributed by atoms with Crippen LogP contribution in [0.2, 0.25) is 0 Å². The molecule has 2 aliphatic rings. The minimum Gasteiger partial charge on any atom is -0.493 e. The quantitative estimate of drug-likeness (QED) is 0.864. The fourth-order valence-electron chi connectivity index (χ4n) is 3.65. The normalized spacial score (nSPS) is 18.4. The number of carbonyl (C=O) groups is 2. The van der Waals surface area contributed by atoms with Crippen LogP contribution in [0, 0.1) is 5.92 Å². The van der Waals surface area contributed by atoms with Gasteiger partial charge in [0.1, 0.15) is 11.8 Å². The molecular formula is C20H29N3O3. The molecule has 1 fully saturated rings. The number of hydrogen-bond acceptors (Lipinski definition) is 4. The molecule has 1 aromatic rings. The molecule has 0 spiro atoms. The number of ether oxygens (including phenoxy) is 1. The molecule has 1 N–H and O–H groups in total. The van der Waals surface area contributed by atoms with Crippen LogP contribution in [0.5, 0.6) is 5.75 Å². The van der Waals surface area contributed by atoms with Crippen molar-refractivity contribution in [1.29, 1.82) is 0 Å². The second-order valence-electron chi connectivity index (χ2n) is 7.56. The van der Waals surface area contributed by atoms with Crippen LogP contribution in [0.15, 0.2) is 18.2 Å². The van der Waals surface area contributed by atoms with Gasteiger partial charge in [-0.25, -0.2) is 0 Å². The van der Waals surface area contributed by atoms with E-state index in [0.717, 1.165) is 38.4 Å². The lowest BCUT2D eigenvalue weighted by atomic mass is 10.0. The maximum Gasteiger partial charge on any atom is 0.245 e. The number of rotatable bonds is 5. The molecule has 26 heavy (non-hydrogen) atoms. The maximum absolute atomic E-state index is 12.7. The number of nitrogens with zero attached hydrogens (tertiary/aromatic N) is 2. The molecule has 0 radical (unpaired) electrons. The number of hydrogen-bond donors (Lipinski definition) is 1. The monoisotopic (exact) mass is 359 g/mol. The minimum absolute atomic E-state index is 0.0320. The summed E-state index contributed by atoms with van der Waals surface area (Å²) in [6, 6.07) is 6.01. The van der Waals surface area contributed by atoms with Crippen LogP contribution >= 0.6 is 0 Å². The zero-order valence-electron chi connectivity index (χ0n) is 16.0. The van der Waals surface area contributed by atoms with Gasteiger partial charge in [0.15, 0.2) is 0 Å². The molecule has 0 aromatic heterocycles. The van der Waals surface area contributed by atoms with Crippen molar-refractivity contribution in [3.8, 4) is 5.75 Å². The van der Waals surface area contributed by atoms with Crippen molar-refractivity contribution in [3.05, 3.63) is 29.3 Å². The lowest BCUT2D eigenvalue weighted by Gasteiger charge is -2.37. The summed E-state index contributed by atoms with van der Waals surface area (Å²) < 4.78 is 5.57. The van der Waals surface area contributed by atoms with Crippen LogP contribution in [-0.2, 0) is 22.6 Å². The Morgan fingerprint density at radius 1 is 1.19 bits per heavy atom. The average Bonchev–Trinajstić information content (AvgIpc) is 3.07. The van der Waals surface area contributed by atoms with Gasteiger partial charge in [0, 0.05) is 46.1 Å². The van der Waals surface area contributed by atoms with Gasteiger partial charge in [-0.1, -0.05) is 26.0 Å². The van der Waals surface area contributed by atoms with Crippen LogP contribution in [0.3, 0.4) is 0 Å². The standard InChI is InChI=1S/C20H29N3O3/c1-14(2)19(21-15(3)24)20(25)23-9-7-22(8-10-23)13-16-4-5-18-17(12-16)6-11-26-18/h4-5,12,14,19H,6-11,13H2,1-3H3,(H,21,24)/t19-/m1/s1. The lowest BCUT2D eigenvalue weighted by Crippen LogP contribution is -2.56. The van der Waals surface area contributed by atoms with Crippen LogP contribution in [-0.4, -0.2) is 60.4 Å². The van der Waals surface area contributed by atoms with E-state index in [1.807, 2.05) is 18.7 Å². The minimum atomic E-state index is -0.434. The number of fused-ring (bicyclic) bond motifs is 1. The summed E-state index contributed by atoms with van der Waals surface area (Å²) in [6.07, 6.45) is 0.991. The fraction of sp³-hybridized carbons (Fsp3) is 0.600. The van der Waals surface area contributed by atoms with E-state index in [0.29, 0.717) is 13.1 Å². The topological polar surface area (TPSA) is 61.9 Å². The first-order chi connectivity index (χ1) is 12.4. The van der Waals surface area contributed by atoms with Gasteiger partial charge < -0.3 is 15.0 Å². The Morgan fingerprint density at radius 2 is 1.92 bits per heavy atom. The predicted molar refractivity (Wildman–Crippen MR) is 99.9 cm³/mol. The average molecular weight is 359 g/mol. The Balaban J connectivity index is 1.53. The van der Waals surface area contributed by atoms with Crippen molar-refractivity contribution < 1.29 is 14.3 Å². The molecule has 1 atom stereocenters. The van der Waals surface area contributed by atoms with Crippen molar-refractivity contribution >= 4 is 11.8 Å². The van der Waals surface area contributed by atoms with E-state index in [4.69, 9.17) is 4.74 Å². The van der Waals surface area contributed by atoms with Crippen molar-refractivity contribution in [1.82, 2.24) is 15.1 Å². The van der Waals surface area contributed by atoms with E-state index in [-0.39, 0.29) is 17.7 Å². The molecule has 0 unspecified atom stereocenters. The largest absolute Gasteiger partial charge is 0.493 e. The van der Waals surface area contributed by atoms with E-state index in [2.05, 4.69) is 28.4 Å². The predicted octanol–water partition coefficient (Wildman–Crippen LogP) is 1.43. The molecule has 1 aromatic carbocycles. The van der Waals surface area contributed by atoms with Crippen molar-refractivity contribution in [2.24, 2.45) is 5.92 Å². The van der Waals surface area contributed by atoms with Gasteiger partial charge in [-0.3, -0.25) is 14.5 Å². The molecule has 0 aliphatic carbocycles. The molecule has 1 saturated heterocycles. The van der Waals surface area contributed by atoms with Gasteiger partial charge in [-0.15, -0.1) is 0 Å². The first-order valence-corrected chi connectivity index (χ1v) is 9.47. The van der Waals surface area contributed by atoms with Gasteiger partial charge in [0.25, 0.3) is 0 Å². The Labute approximate surface area is 155 Å². The number of benzene rings is 1. The van der Waals surface area contributed by atoms with Gasteiger partial charge in [-0.2, -0.15) is 0 Å². The number of nitrogens with one attached hydrogen (secondary N) is 1. The molecule has 0 bridgehead atoms. The fourth-order valence-corrected chi connectivity index (χ4v) is 3.65. The van der Waals surface area contributed by atoms with E-state index in [1.165, 1.54) is 18.1 Å².